The highest BCUT2D eigenvalue weighted by atomic mass is 127. The molecule has 1 aromatic carbocycles. The number of anilines is 1. The number of benzene rings is 1. The molecule has 3 nitrogen and oxygen atoms in total. The largest absolute Gasteiger partial charge is 0.323 e. The number of aromatic nitrogens is 1. The van der Waals surface area contributed by atoms with E-state index in [9.17, 15) is 0 Å². The standard InChI is InChI=1S/C12H11ClIN3/c13-9-4-7(14)3-8-11(17-15)5-10(6-1-2-6)16-12(8)9/h3-6H,1-2,15H2,(H,16,17). The average Bonchev–Trinajstić information content (AvgIpc) is 3.11. The van der Waals surface area contributed by atoms with Crippen molar-refractivity contribution < 1.29 is 0 Å². The second-order valence-corrected chi connectivity index (χ2v) is 5.95. The molecule has 1 aliphatic carbocycles. The van der Waals surface area contributed by atoms with Gasteiger partial charge < -0.3 is 5.43 Å². The van der Waals surface area contributed by atoms with Gasteiger partial charge in [0.1, 0.15) is 0 Å². The van der Waals surface area contributed by atoms with E-state index in [1.54, 1.807) is 0 Å². The Morgan fingerprint density at radius 3 is 2.76 bits per heavy atom. The Balaban J connectivity index is 2.31. The maximum Gasteiger partial charge on any atom is 0.0913 e. The first-order valence-electron chi connectivity index (χ1n) is 5.45. The first-order valence-corrected chi connectivity index (χ1v) is 6.91. The normalized spacial score (nSPS) is 15.2. The molecule has 1 fully saturated rings. The third-order valence-electron chi connectivity index (χ3n) is 3.00. The molecule has 1 aliphatic rings. The van der Waals surface area contributed by atoms with Crippen molar-refractivity contribution in [3.63, 3.8) is 0 Å². The Bertz CT molecular complexity index is 596. The van der Waals surface area contributed by atoms with E-state index in [2.05, 4.69) is 33.0 Å². The number of pyridine rings is 1. The third kappa shape index (κ3) is 2.09. The number of nitrogens with zero attached hydrogens (tertiary/aromatic N) is 1. The molecule has 0 unspecified atom stereocenters. The van der Waals surface area contributed by atoms with Crippen LogP contribution in [0.25, 0.3) is 10.9 Å². The summed E-state index contributed by atoms with van der Waals surface area (Å²) >= 11 is 8.49. The van der Waals surface area contributed by atoms with Crippen molar-refractivity contribution >= 4 is 50.8 Å². The molecule has 88 valence electrons. The lowest BCUT2D eigenvalue weighted by Crippen LogP contribution is -2.08. The van der Waals surface area contributed by atoms with Gasteiger partial charge >= 0.3 is 0 Å². The van der Waals surface area contributed by atoms with Crippen LogP contribution in [0.3, 0.4) is 0 Å². The summed E-state index contributed by atoms with van der Waals surface area (Å²) in [5.41, 5.74) is 5.57. The Kier molecular flexibility index (Phi) is 2.88. The Morgan fingerprint density at radius 1 is 1.35 bits per heavy atom. The Hall–Kier alpha value is -0.590. The molecule has 5 heteroatoms. The molecule has 0 radical (unpaired) electrons. The lowest BCUT2D eigenvalue weighted by Gasteiger charge is -2.10. The zero-order valence-electron chi connectivity index (χ0n) is 9.00. The molecule has 1 aromatic heterocycles. The fourth-order valence-corrected chi connectivity index (χ4v) is 3.05. The van der Waals surface area contributed by atoms with Gasteiger partial charge in [-0.3, -0.25) is 10.8 Å². The predicted octanol–water partition coefficient (Wildman–Crippen LogP) is 3.66. The summed E-state index contributed by atoms with van der Waals surface area (Å²) in [6.07, 6.45) is 2.43. The van der Waals surface area contributed by atoms with Gasteiger partial charge in [0.05, 0.1) is 16.2 Å². The van der Waals surface area contributed by atoms with Gasteiger partial charge in [-0.25, -0.2) is 0 Å². The SMILES string of the molecule is NNc1cc(C2CC2)nc2c(Cl)cc(I)cc12. The van der Waals surface area contributed by atoms with Crippen LogP contribution in [-0.4, -0.2) is 4.98 Å². The minimum atomic E-state index is 0.585. The first-order chi connectivity index (χ1) is 8.19. The summed E-state index contributed by atoms with van der Waals surface area (Å²) in [7, 11) is 0. The minimum Gasteiger partial charge on any atom is -0.323 e. The average molecular weight is 360 g/mol. The number of nitrogens with one attached hydrogen (secondary N) is 1. The van der Waals surface area contributed by atoms with Crippen LogP contribution in [0.15, 0.2) is 18.2 Å². The molecule has 0 saturated heterocycles. The maximum atomic E-state index is 6.25. The quantitative estimate of drug-likeness (QED) is 0.489. The van der Waals surface area contributed by atoms with E-state index in [-0.39, 0.29) is 0 Å². The minimum absolute atomic E-state index is 0.585. The van der Waals surface area contributed by atoms with Crippen LogP contribution in [0, 0.1) is 3.57 Å². The molecule has 0 bridgehead atoms. The molecule has 17 heavy (non-hydrogen) atoms. The van der Waals surface area contributed by atoms with Crippen LogP contribution in [0.4, 0.5) is 5.69 Å². The summed E-state index contributed by atoms with van der Waals surface area (Å²) in [5.74, 6) is 6.17. The van der Waals surface area contributed by atoms with Crippen LogP contribution >= 0.6 is 34.2 Å². The summed E-state index contributed by atoms with van der Waals surface area (Å²) in [6, 6.07) is 6.00. The first kappa shape index (κ1) is 11.5. The molecule has 0 spiro atoms. The van der Waals surface area contributed by atoms with Crippen LogP contribution < -0.4 is 11.3 Å². The third-order valence-corrected chi connectivity index (χ3v) is 3.91. The molecule has 2 aromatic rings. The van der Waals surface area contributed by atoms with Gasteiger partial charge in [0, 0.05) is 20.6 Å². The topological polar surface area (TPSA) is 50.9 Å². The second kappa shape index (κ2) is 4.26. The summed E-state index contributed by atoms with van der Waals surface area (Å²) in [4.78, 5) is 4.66. The van der Waals surface area contributed by atoms with Crippen molar-refractivity contribution in [2.45, 2.75) is 18.8 Å². The number of hydrazine groups is 1. The van der Waals surface area contributed by atoms with E-state index < -0.39 is 0 Å². The molecule has 0 aliphatic heterocycles. The molecule has 1 saturated carbocycles. The Labute approximate surface area is 118 Å². The molecule has 1 heterocycles. The van der Waals surface area contributed by atoms with Crippen molar-refractivity contribution in [3.05, 3.63) is 32.5 Å². The monoisotopic (exact) mass is 359 g/mol. The number of halogens is 2. The summed E-state index contributed by atoms with van der Waals surface area (Å²) < 4.78 is 1.08. The lowest BCUT2D eigenvalue weighted by atomic mass is 10.1. The molecule has 3 rings (SSSR count). The van der Waals surface area contributed by atoms with E-state index in [4.69, 9.17) is 17.4 Å². The summed E-state index contributed by atoms with van der Waals surface area (Å²) in [6.45, 7) is 0. The van der Waals surface area contributed by atoms with Crippen LogP contribution in [0.5, 0.6) is 0 Å². The highest BCUT2D eigenvalue weighted by molar-refractivity contribution is 14.1. The number of hydrogen-bond donors (Lipinski definition) is 2. The molecular weight excluding hydrogens is 349 g/mol. The zero-order valence-corrected chi connectivity index (χ0v) is 11.9. The van der Waals surface area contributed by atoms with Crippen molar-refractivity contribution in [2.75, 3.05) is 5.43 Å². The van der Waals surface area contributed by atoms with E-state index in [0.717, 1.165) is 25.9 Å². The van der Waals surface area contributed by atoms with E-state index in [1.807, 2.05) is 18.2 Å². The number of nitrogen functional groups attached to an aromatic ring is 1. The van der Waals surface area contributed by atoms with Crippen molar-refractivity contribution in [1.82, 2.24) is 4.98 Å². The van der Waals surface area contributed by atoms with Gasteiger partial charge in [-0.2, -0.15) is 0 Å². The van der Waals surface area contributed by atoms with E-state index >= 15 is 0 Å². The molecular formula is C12H11ClIN3. The molecule has 0 atom stereocenters. The van der Waals surface area contributed by atoms with Gasteiger partial charge in [-0.05, 0) is 53.6 Å². The Morgan fingerprint density at radius 2 is 2.12 bits per heavy atom. The number of nitrogens with two attached hydrogens (primary N) is 1. The zero-order chi connectivity index (χ0) is 12.0. The molecule has 3 N–H and O–H groups in total. The van der Waals surface area contributed by atoms with Gasteiger partial charge in [-0.15, -0.1) is 0 Å². The smallest absolute Gasteiger partial charge is 0.0913 e. The fourth-order valence-electron chi connectivity index (χ4n) is 1.98. The number of hydrogen-bond acceptors (Lipinski definition) is 3. The lowest BCUT2D eigenvalue weighted by molar-refractivity contribution is 1.04. The maximum absolute atomic E-state index is 6.25. The van der Waals surface area contributed by atoms with Crippen LogP contribution in [-0.2, 0) is 0 Å². The van der Waals surface area contributed by atoms with Gasteiger partial charge in [-0.1, -0.05) is 11.6 Å². The van der Waals surface area contributed by atoms with Crippen molar-refractivity contribution in [2.24, 2.45) is 5.84 Å². The predicted molar refractivity (Wildman–Crippen MR) is 79.3 cm³/mol. The summed E-state index contributed by atoms with van der Waals surface area (Å²) in [5, 5.41) is 1.67. The second-order valence-electron chi connectivity index (χ2n) is 4.30. The van der Waals surface area contributed by atoms with Crippen LogP contribution in [0.1, 0.15) is 24.5 Å². The highest BCUT2D eigenvalue weighted by Crippen LogP contribution is 2.42. The van der Waals surface area contributed by atoms with E-state index in [1.165, 1.54) is 12.8 Å². The van der Waals surface area contributed by atoms with Crippen molar-refractivity contribution in [1.29, 1.82) is 0 Å². The van der Waals surface area contributed by atoms with Crippen molar-refractivity contribution in [3.8, 4) is 0 Å². The highest BCUT2D eigenvalue weighted by Gasteiger charge is 2.26. The van der Waals surface area contributed by atoms with Gasteiger partial charge in [0.25, 0.3) is 0 Å². The fraction of sp³-hybridized carbons (Fsp3) is 0.250. The van der Waals surface area contributed by atoms with Crippen LogP contribution in [0.2, 0.25) is 5.02 Å². The number of rotatable bonds is 2. The molecule has 0 amide bonds. The van der Waals surface area contributed by atoms with Gasteiger partial charge in [0.15, 0.2) is 0 Å². The number of fused-ring (bicyclic) bond motifs is 1. The van der Waals surface area contributed by atoms with E-state index in [0.29, 0.717) is 10.9 Å². The van der Waals surface area contributed by atoms with Gasteiger partial charge in [0.2, 0.25) is 0 Å².